The average Bonchev–Trinajstić information content (AvgIpc) is 2.50. The van der Waals surface area contributed by atoms with Crippen LogP contribution < -0.4 is 10.1 Å². The van der Waals surface area contributed by atoms with Crippen molar-refractivity contribution in [3.05, 3.63) is 60.2 Å². The van der Waals surface area contributed by atoms with Gasteiger partial charge in [0.2, 0.25) is 0 Å². The fourth-order valence-corrected chi connectivity index (χ4v) is 1.94. The van der Waals surface area contributed by atoms with E-state index in [2.05, 4.69) is 18.3 Å². The van der Waals surface area contributed by atoms with E-state index in [1.807, 2.05) is 48.5 Å². The van der Waals surface area contributed by atoms with Gasteiger partial charge in [-0.05, 0) is 36.2 Å². The van der Waals surface area contributed by atoms with Gasteiger partial charge in [0.15, 0.2) is 0 Å². The first kappa shape index (κ1) is 14.6. The molecule has 2 N–H and O–H groups in total. The minimum Gasteiger partial charge on any atom is -0.457 e. The molecule has 0 aliphatic carbocycles. The van der Waals surface area contributed by atoms with Crippen LogP contribution in [0.3, 0.4) is 0 Å². The third kappa shape index (κ3) is 4.37. The van der Waals surface area contributed by atoms with Gasteiger partial charge in [0.25, 0.3) is 0 Å². The van der Waals surface area contributed by atoms with Crippen LogP contribution in [0.15, 0.2) is 54.6 Å². The summed E-state index contributed by atoms with van der Waals surface area (Å²) in [6.07, 6.45) is 0.913. The molecule has 2 rings (SSSR count). The fourth-order valence-electron chi connectivity index (χ4n) is 1.94. The van der Waals surface area contributed by atoms with Gasteiger partial charge < -0.3 is 15.2 Å². The lowest BCUT2D eigenvalue weighted by atomic mass is 10.2. The molecular formula is C17H21NO2. The van der Waals surface area contributed by atoms with Crippen LogP contribution in [0, 0.1) is 0 Å². The molecule has 0 amide bonds. The second-order valence-corrected chi connectivity index (χ2v) is 4.73. The van der Waals surface area contributed by atoms with Gasteiger partial charge in [0.05, 0.1) is 6.61 Å². The summed E-state index contributed by atoms with van der Waals surface area (Å²) in [5.41, 5.74) is 1.14. The first-order chi connectivity index (χ1) is 9.81. The summed E-state index contributed by atoms with van der Waals surface area (Å²) in [6.45, 7) is 2.95. The lowest BCUT2D eigenvalue weighted by molar-refractivity contribution is 0.238. The lowest BCUT2D eigenvalue weighted by Crippen LogP contribution is -2.31. The van der Waals surface area contributed by atoms with Gasteiger partial charge in [-0.1, -0.05) is 37.3 Å². The maximum atomic E-state index is 9.17. The standard InChI is InChI=1S/C17H21NO2/c1-2-15(13-19)18-12-14-7-6-10-17(11-14)20-16-8-4-3-5-9-16/h3-11,15,18-19H,2,12-13H2,1H3. The van der Waals surface area contributed by atoms with E-state index < -0.39 is 0 Å². The molecule has 20 heavy (non-hydrogen) atoms. The molecule has 0 fully saturated rings. The highest BCUT2D eigenvalue weighted by molar-refractivity contribution is 5.33. The van der Waals surface area contributed by atoms with Crippen LogP contribution in [-0.2, 0) is 6.54 Å². The zero-order valence-corrected chi connectivity index (χ0v) is 11.8. The number of hydrogen-bond acceptors (Lipinski definition) is 3. The Balaban J connectivity index is 1.97. The number of ether oxygens (including phenoxy) is 1. The molecule has 0 saturated heterocycles. The van der Waals surface area contributed by atoms with E-state index in [1.165, 1.54) is 0 Å². The molecule has 0 bridgehead atoms. The van der Waals surface area contributed by atoms with Crippen molar-refractivity contribution in [2.24, 2.45) is 0 Å². The van der Waals surface area contributed by atoms with Gasteiger partial charge in [0, 0.05) is 12.6 Å². The Morgan fingerprint density at radius 1 is 1.05 bits per heavy atom. The van der Waals surface area contributed by atoms with Crippen molar-refractivity contribution in [1.82, 2.24) is 5.32 Å². The summed E-state index contributed by atoms with van der Waals surface area (Å²) in [6, 6.07) is 17.9. The summed E-state index contributed by atoms with van der Waals surface area (Å²) in [5, 5.41) is 12.5. The first-order valence-corrected chi connectivity index (χ1v) is 6.98. The van der Waals surface area contributed by atoms with Gasteiger partial charge >= 0.3 is 0 Å². The van der Waals surface area contributed by atoms with Crippen molar-refractivity contribution in [3.8, 4) is 11.5 Å². The molecule has 3 nitrogen and oxygen atoms in total. The van der Waals surface area contributed by atoms with Gasteiger partial charge in [-0.15, -0.1) is 0 Å². The van der Waals surface area contributed by atoms with E-state index in [0.717, 1.165) is 30.0 Å². The molecule has 2 aromatic carbocycles. The highest BCUT2D eigenvalue weighted by Crippen LogP contribution is 2.21. The van der Waals surface area contributed by atoms with Crippen molar-refractivity contribution < 1.29 is 9.84 Å². The van der Waals surface area contributed by atoms with Crippen molar-refractivity contribution in [2.75, 3.05) is 6.61 Å². The third-order valence-corrected chi connectivity index (χ3v) is 3.19. The zero-order valence-electron chi connectivity index (χ0n) is 11.8. The molecule has 2 aromatic rings. The molecule has 0 aliphatic rings. The molecule has 0 radical (unpaired) electrons. The molecule has 0 saturated carbocycles. The smallest absolute Gasteiger partial charge is 0.127 e. The number of nitrogens with one attached hydrogen (secondary N) is 1. The Kier molecular flexibility index (Phi) is 5.59. The Morgan fingerprint density at radius 3 is 2.50 bits per heavy atom. The molecule has 1 atom stereocenters. The van der Waals surface area contributed by atoms with Gasteiger partial charge in [-0.2, -0.15) is 0 Å². The lowest BCUT2D eigenvalue weighted by Gasteiger charge is -2.14. The van der Waals surface area contributed by atoms with Gasteiger partial charge in [-0.3, -0.25) is 0 Å². The minimum atomic E-state index is 0.147. The van der Waals surface area contributed by atoms with E-state index in [0.29, 0.717) is 0 Å². The van der Waals surface area contributed by atoms with Gasteiger partial charge in [-0.25, -0.2) is 0 Å². The van der Waals surface area contributed by atoms with Crippen LogP contribution in [0.25, 0.3) is 0 Å². The number of aliphatic hydroxyl groups excluding tert-OH is 1. The van der Waals surface area contributed by atoms with Crippen LogP contribution in [-0.4, -0.2) is 17.8 Å². The first-order valence-electron chi connectivity index (χ1n) is 6.98. The number of benzene rings is 2. The van der Waals surface area contributed by atoms with E-state index in [1.54, 1.807) is 0 Å². The van der Waals surface area contributed by atoms with Crippen molar-refractivity contribution >= 4 is 0 Å². The number of hydrogen-bond donors (Lipinski definition) is 2. The minimum absolute atomic E-state index is 0.147. The average molecular weight is 271 g/mol. The summed E-state index contributed by atoms with van der Waals surface area (Å²) in [4.78, 5) is 0. The predicted octanol–water partition coefficient (Wildman–Crippen LogP) is 3.34. The number of para-hydroxylation sites is 1. The third-order valence-electron chi connectivity index (χ3n) is 3.19. The van der Waals surface area contributed by atoms with E-state index in [-0.39, 0.29) is 12.6 Å². The molecule has 0 heterocycles. The molecule has 106 valence electrons. The molecule has 0 aromatic heterocycles. The van der Waals surface area contributed by atoms with E-state index >= 15 is 0 Å². The SMILES string of the molecule is CCC(CO)NCc1cccc(Oc2ccccc2)c1. The molecule has 0 aliphatic heterocycles. The Labute approximate surface area is 120 Å². The van der Waals surface area contributed by atoms with Crippen LogP contribution in [0.5, 0.6) is 11.5 Å². The molecule has 1 unspecified atom stereocenters. The maximum Gasteiger partial charge on any atom is 0.127 e. The summed E-state index contributed by atoms with van der Waals surface area (Å²) >= 11 is 0. The fraction of sp³-hybridized carbons (Fsp3) is 0.294. The Bertz CT molecular complexity index is 509. The van der Waals surface area contributed by atoms with E-state index in [4.69, 9.17) is 9.84 Å². The normalized spacial score (nSPS) is 12.1. The van der Waals surface area contributed by atoms with Crippen LogP contribution >= 0.6 is 0 Å². The quantitative estimate of drug-likeness (QED) is 0.811. The highest BCUT2D eigenvalue weighted by atomic mass is 16.5. The topological polar surface area (TPSA) is 41.5 Å². The van der Waals surface area contributed by atoms with Crippen molar-refractivity contribution in [3.63, 3.8) is 0 Å². The summed E-state index contributed by atoms with van der Waals surface area (Å²) in [5.74, 6) is 1.66. The van der Waals surface area contributed by atoms with Crippen LogP contribution in [0.4, 0.5) is 0 Å². The van der Waals surface area contributed by atoms with E-state index in [9.17, 15) is 0 Å². The highest BCUT2D eigenvalue weighted by Gasteiger charge is 2.04. The largest absolute Gasteiger partial charge is 0.457 e. The molecular weight excluding hydrogens is 250 g/mol. The summed E-state index contributed by atoms with van der Waals surface area (Å²) < 4.78 is 5.80. The Morgan fingerprint density at radius 2 is 1.80 bits per heavy atom. The predicted molar refractivity (Wildman–Crippen MR) is 81.0 cm³/mol. The monoisotopic (exact) mass is 271 g/mol. The maximum absolute atomic E-state index is 9.17. The second-order valence-electron chi connectivity index (χ2n) is 4.73. The van der Waals surface area contributed by atoms with Crippen LogP contribution in [0.1, 0.15) is 18.9 Å². The molecule has 3 heteroatoms. The second kappa shape index (κ2) is 7.68. The molecule has 0 spiro atoms. The number of rotatable bonds is 7. The van der Waals surface area contributed by atoms with Crippen molar-refractivity contribution in [2.45, 2.75) is 25.9 Å². The van der Waals surface area contributed by atoms with Crippen LogP contribution in [0.2, 0.25) is 0 Å². The van der Waals surface area contributed by atoms with Crippen molar-refractivity contribution in [1.29, 1.82) is 0 Å². The van der Waals surface area contributed by atoms with Gasteiger partial charge in [0.1, 0.15) is 11.5 Å². The number of aliphatic hydroxyl groups is 1. The Hall–Kier alpha value is -1.84. The summed E-state index contributed by atoms with van der Waals surface area (Å²) in [7, 11) is 0. The zero-order chi connectivity index (χ0) is 14.2.